The van der Waals surface area contributed by atoms with Gasteiger partial charge in [-0.3, -0.25) is 4.79 Å². The summed E-state index contributed by atoms with van der Waals surface area (Å²) in [7, 11) is 0. The molecule has 0 bridgehead atoms. The molecule has 0 aromatic heterocycles. The van der Waals surface area contributed by atoms with Crippen molar-refractivity contribution in [1.29, 1.82) is 0 Å². The predicted molar refractivity (Wildman–Crippen MR) is 60.7 cm³/mol. The number of hydrogen-bond acceptors (Lipinski definition) is 1. The Kier molecular flexibility index (Phi) is 5.07. The molecular weight excluding hydrogens is 310 g/mol. The Morgan fingerprint density at radius 1 is 1.05 bits per heavy atom. The minimum Gasteiger partial charge on any atom is -0.294 e. The van der Waals surface area contributed by atoms with Crippen molar-refractivity contribution in [2.24, 2.45) is 0 Å². The van der Waals surface area contributed by atoms with Crippen molar-refractivity contribution < 1.29 is 31.1 Å². The maximum Gasteiger partial charge on any atom is 0.417 e. The molecular formula is C12H9ClF6O. The summed E-state index contributed by atoms with van der Waals surface area (Å²) in [6.45, 7) is 0. The zero-order valence-electron chi connectivity index (χ0n) is 9.91. The summed E-state index contributed by atoms with van der Waals surface area (Å²) in [5.41, 5.74) is -3.64. The summed E-state index contributed by atoms with van der Waals surface area (Å²) >= 11 is 5.31. The summed E-state index contributed by atoms with van der Waals surface area (Å²) in [6.07, 6.45) is -9.95. The number of Topliss-reactive ketones (excluding diaryl/α,β-unsaturated/α-hetero) is 1. The van der Waals surface area contributed by atoms with Gasteiger partial charge in [-0.25, -0.2) is 0 Å². The van der Waals surface area contributed by atoms with Gasteiger partial charge in [0.05, 0.1) is 11.1 Å². The van der Waals surface area contributed by atoms with Crippen molar-refractivity contribution in [3.8, 4) is 0 Å². The van der Waals surface area contributed by atoms with Crippen LogP contribution in [0.1, 0.15) is 34.3 Å². The van der Waals surface area contributed by atoms with Crippen LogP contribution < -0.4 is 0 Å². The predicted octanol–water partition coefficient (Wildman–Crippen LogP) is 4.93. The SMILES string of the molecule is O=C(CCCCl)c1cc(C(F)(F)F)ccc1C(F)(F)F. The first-order chi connectivity index (χ1) is 9.07. The Balaban J connectivity index is 3.31. The van der Waals surface area contributed by atoms with Gasteiger partial charge in [-0.2, -0.15) is 26.3 Å². The monoisotopic (exact) mass is 318 g/mol. The van der Waals surface area contributed by atoms with Crippen LogP contribution in [0.5, 0.6) is 0 Å². The van der Waals surface area contributed by atoms with Gasteiger partial charge >= 0.3 is 12.4 Å². The lowest BCUT2D eigenvalue weighted by Gasteiger charge is -2.15. The van der Waals surface area contributed by atoms with Gasteiger partial charge in [0, 0.05) is 17.9 Å². The third kappa shape index (κ3) is 4.13. The van der Waals surface area contributed by atoms with Crippen molar-refractivity contribution in [3.63, 3.8) is 0 Å². The second kappa shape index (κ2) is 6.03. The van der Waals surface area contributed by atoms with E-state index in [1.54, 1.807) is 0 Å². The number of hydrogen-bond donors (Lipinski definition) is 0. The van der Waals surface area contributed by atoms with Crippen LogP contribution in [-0.4, -0.2) is 11.7 Å². The number of ketones is 1. The molecule has 0 N–H and O–H groups in total. The quantitative estimate of drug-likeness (QED) is 0.437. The van der Waals surface area contributed by atoms with Crippen LogP contribution >= 0.6 is 11.6 Å². The molecule has 8 heteroatoms. The van der Waals surface area contributed by atoms with Gasteiger partial charge in [-0.1, -0.05) is 0 Å². The van der Waals surface area contributed by atoms with Crippen molar-refractivity contribution in [2.75, 3.05) is 5.88 Å². The van der Waals surface area contributed by atoms with Crippen LogP contribution in [0.15, 0.2) is 18.2 Å². The van der Waals surface area contributed by atoms with Crippen LogP contribution in [-0.2, 0) is 12.4 Å². The van der Waals surface area contributed by atoms with Crippen LogP contribution in [0.3, 0.4) is 0 Å². The molecule has 0 radical (unpaired) electrons. The Morgan fingerprint density at radius 2 is 1.65 bits per heavy atom. The van der Waals surface area contributed by atoms with Gasteiger partial charge in [-0.05, 0) is 24.6 Å². The Bertz CT molecular complexity index is 492. The van der Waals surface area contributed by atoms with Crippen molar-refractivity contribution >= 4 is 17.4 Å². The summed E-state index contributed by atoms with van der Waals surface area (Å²) in [4.78, 5) is 11.6. The molecule has 0 atom stereocenters. The minimum atomic E-state index is -4.89. The van der Waals surface area contributed by atoms with E-state index >= 15 is 0 Å². The molecule has 20 heavy (non-hydrogen) atoms. The molecule has 0 aliphatic carbocycles. The Labute approximate surface area is 115 Å². The fourth-order valence-corrected chi connectivity index (χ4v) is 1.69. The van der Waals surface area contributed by atoms with Crippen molar-refractivity contribution in [1.82, 2.24) is 0 Å². The standard InChI is InChI=1S/C12H9ClF6O/c13-5-1-2-10(20)8-6-7(11(14,15)16)3-4-9(8)12(17,18)19/h3-4,6H,1-2,5H2. The number of carbonyl (C=O) groups excluding carboxylic acids is 1. The number of alkyl halides is 7. The third-order valence-corrected chi connectivity index (χ3v) is 2.76. The molecule has 0 amide bonds. The average Bonchev–Trinajstić information content (AvgIpc) is 2.33. The lowest BCUT2D eigenvalue weighted by molar-refractivity contribution is -0.141. The van der Waals surface area contributed by atoms with Crippen LogP contribution in [0.25, 0.3) is 0 Å². The lowest BCUT2D eigenvalue weighted by atomic mass is 9.97. The van der Waals surface area contributed by atoms with Crippen molar-refractivity contribution in [2.45, 2.75) is 25.2 Å². The second-order valence-corrected chi connectivity index (χ2v) is 4.35. The van der Waals surface area contributed by atoms with E-state index in [0.29, 0.717) is 6.07 Å². The number of rotatable bonds is 4. The molecule has 0 aliphatic heterocycles. The largest absolute Gasteiger partial charge is 0.417 e. The third-order valence-electron chi connectivity index (χ3n) is 2.49. The fourth-order valence-electron chi connectivity index (χ4n) is 1.56. The second-order valence-electron chi connectivity index (χ2n) is 3.97. The normalized spacial score (nSPS) is 12.6. The topological polar surface area (TPSA) is 17.1 Å². The summed E-state index contributed by atoms with van der Waals surface area (Å²) < 4.78 is 75.6. The maximum atomic E-state index is 12.7. The number of halogens is 7. The number of carbonyl (C=O) groups is 1. The van der Waals surface area contributed by atoms with Gasteiger partial charge in [0.2, 0.25) is 0 Å². The highest BCUT2D eigenvalue weighted by molar-refractivity contribution is 6.18. The molecule has 1 rings (SSSR count). The molecule has 0 heterocycles. The van der Waals surface area contributed by atoms with E-state index in [1.165, 1.54) is 0 Å². The Morgan fingerprint density at radius 3 is 2.10 bits per heavy atom. The molecule has 1 aromatic carbocycles. The van der Waals surface area contributed by atoms with Crippen LogP contribution in [0, 0.1) is 0 Å². The molecule has 0 spiro atoms. The molecule has 0 saturated carbocycles. The smallest absolute Gasteiger partial charge is 0.294 e. The lowest BCUT2D eigenvalue weighted by Crippen LogP contribution is -2.16. The highest BCUT2D eigenvalue weighted by Gasteiger charge is 2.38. The average molecular weight is 319 g/mol. The van der Waals surface area contributed by atoms with E-state index in [0.717, 1.165) is 0 Å². The first kappa shape index (κ1) is 16.8. The van der Waals surface area contributed by atoms with E-state index in [9.17, 15) is 31.1 Å². The van der Waals surface area contributed by atoms with Gasteiger partial charge in [0.15, 0.2) is 5.78 Å². The molecule has 0 fully saturated rings. The van der Waals surface area contributed by atoms with Crippen molar-refractivity contribution in [3.05, 3.63) is 34.9 Å². The van der Waals surface area contributed by atoms with E-state index in [1.807, 2.05) is 0 Å². The van der Waals surface area contributed by atoms with Gasteiger partial charge in [-0.15, -0.1) is 11.6 Å². The maximum absolute atomic E-state index is 12.7. The molecule has 1 aromatic rings. The zero-order valence-corrected chi connectivity index (χ0v) is 10.7. The molecule has 112 valence electrons. The first-order valence-corrected chi connectivity index (χ1v) is 5.98. The minimum absolute atomic E-state index is 0.0338. The van der Waals surface area contributed by atoms with Crippen LogP contribution in [0.4, 0.5) is 26.3 Å². The highest BCUT2D eigenvalue weighted by atomic mass is 35.5. The molecule has 0 unspecified atom stereocenters. The zero-order chi connectivity index (χ0) is 15.6. The van der Waals surface area contributed by atoms with Crippen LogP contribution in [0.2, 0.25) is 0 Å². The van der Waals surface area contributed by atoms with E-state index in [-0.39, 0.29) is 30.9 Å². The first-order valence-electron chi connectivity index (χ1n) is 5.45. The molecule has 1 nitrogen and oxygen atoms in total. The summed E-state index contributed by atoms with van der Waals surface area (Å²) in [6, 6.07) is 0.817. The molecule has 0 aliphatic rings. The summed E-state index contributed by atoms with van der Waals surface area (Å²) in [5.74, 6) is -0.976. The van der Waals surface area contributed by atoms with Gasteiger partial charge in [0.25, 0.3) is 0 Å². The molecule has 0 saturated heterocycles. The van der Waals surface area contributed by atoms with E-state index < -0.39 is 34.8 Å². The van der Waals surface area contributed by atoms with Gasteiger partial charge in [0.1, 0.15) is 0 Å². The Hall–Kier alpha value is -1.24. The van der Waals surface area contributed by atoms with E-state index in [4.69, 9.17) is 11.6 Å². The highest BCUT2D eigenvalue weighted by Crippen LogP contribution is 2.37. The number of benzene rings is 1. The fraction of sp³-hybridized carbons (Fsp3) is 0.417. The van der Waals surface area contributed by atoms with Gasteiger partial charge < -0.3 is 0 Å². The summed E-state index contributed by atoms with van der Waals surface area (Å²) in [5, 5.41) is 0. The van der Waals surface area contributed by atoms with E-state index in [2.05, 4.69) is 0 Å².